The summed E-state index contributed by atoms with van der Waals surface area (Å²) < 4.78 is 9.67. The predicted octanol–water partition coefficient (Wildman–Crippen LogP) is 2.25. The van der Waals surface area contributed by atoms with Crippen molar-refractivity contribution in [1.29, 1.82) is 0 Å². The number of aromatic nitrogens is 2. The van der Waals surface area contributed by atoms with Gasteiger partial charge in [-0.25, -0.2) is 0 Å². The number of rotatable bonds is 4. The van der Waals surface area contributed by atoms with E-state index < -0.39 is 16.5 Å². The Balaban J connectivity index is 2.32. The standard InChI is InChI=1S/C11H12N4O5/c1-5(2)10-9(15(17)18)8(14-20-10)11(16)12-7-4-6(3)19-13-7/h4-5H,1-3H3,(H,12,13,16). The van der Waals surface area contributed by atoms with Crippen molar-refractivity contribution in [2.45, 2.75) is 26.7 Å². The monoisotopic (exact) mass is 280 g/mol. The second-order valence-corrected chi connectivity index (χ2v) is 4.43. The summed E-state index contributed by atoms with van der Waals surface area (Å²) in [5.41, 5.74) is -0.822. The summed E-state index contributed by atoms with van der Waals surface area (Å²) in [5, 5.41) is 20.5. The van der Waals surface area contributed by atoms with Crippen molar-refractivity contribution >= 4 is 17.4 Å². The number of aryl methyl sites for hydroxylation is 1. The summed E-state index contributed by atoms with van der Waals surface area (Å²) in [4.78, 5) is 22.3. The zero-order valence-electron chi connectivity index (χ0n) is 11.0. The molecular formula is C11H12N4O5. The minimum atomic E-state index is -0.777. The smallest absolute Gasteiger partial charge is 0.344 e. The molecule has 0 fully saturated rings. The number of hydrogen-bond donors (Lipinski definition) is 1. The van der Waals surface area contributed by atoms with Crippen LogP contribution in [0, 0.1) is 17.0 Å². The molecule has 0 aliphatic rings. The van der Waals surface area contributed by atoms with Gasteiger partial charge in [0.1, 0.15) is 5.76 Å². The van der Waals surface area contributed by atoms with E-state index in [0.29, 0.717) is 5.76 Å². The van der Waals surface area contributed by atoms with Gasteiger partial charge in [0.05, 0.1) is 4.92 Å². The minimum Gasteiger partial charge on any atom is -0.360 e. The number of hydrogen-bond acceptors (Lipinski definition) is 7. The van der Waals surface area contributed by atoms with E-state index in [1.807, 2.05) is 0 Å². The molecule has 2 rings (SSSR count). The van der Waals surface area contributed by atoms with Crippen LogP contribution in [0.15, 0.2) is 15.1 Å². The second-order valence-electron chi connectivity index (χ2n) is 4.43. The maximum atomic E-state index is 12.0. The highest BCUT2D eigenvalue weighted by Gasteiger charge is 2.33. The van der Waals surface area contributed by atoms with Crippen molar-refractivity contribution in [2.24, 2.45) is 0 Å². The van der Waals surface area contributed by atoms with Gasteiger partial charge in [-0.05, 0) is 6.92 Å². The van der Waals surface area contributed by atoms with Gasteiger partial charge in [-0.3, -0.25) is 14.9 Å². The molecule has 0 bridgehead atoms. The zero-order valence-corrected chi connectivity index (χ0v) is 11.0. The fourth-order valence-corrected chi connectivity index (χ4v) is 1.60. The normalized spacial score (nSPS) is 10.8. The van der Waals surface area contributed by atoms with Crippen molar-refractivity contribution in [1.82, 2.24) is 10.3 Å². The quantitative estimate of drug-likeness (QED) is 0.672. The Bertz CT molecular complexity index is 658. The lowest BCUT2D eigenvalue weighted by Crippen LogP contribution is -2.14. The molecular weight excluding hydrogens is 268 g/mol. The van der Waals surface area contributed by atoms with Crippen molar-refractivity contribution < 1.29 is 18.8 Å². The predicted molar refractivity (Wildman–Crippen MR) is 66.4 cm³/mol. The Kier molecular flexibility index (Phi) is 3.51. The van der Waals surface area contributed by atoms with Gasteiger partial charge in [-0.1, -0.05) is 24.2 Å². The first-order chi connectivity index (χ1) is 9.40. The van der Waals surface area contributed by atoms with Crippen LogP contribution < -0.4 is 5.32 Å². The molecule has 106 valence electrons. The Morgan fingerprint density at radius 2 is 2.10 bits per heavy atom. The molecule has 0 saturated carbocycles. The van der Waals surface area contributed by atoms with Crippen LogP contribution in [0.2, 0.25) is 0 Å². The molecule has 0 aliphatic heterocycles. The van der Waals surface area contributed by atoms with E-state index in [1.54, 1.807) is 20.8 Å². The van der Waals surface area contributed by atoms with Crippen LogP contribution in [0.25, 0.3) is 0 Å². The summed E-state index contributed by atoms with van der Waals surface area (Å²) in [7, 11) is 0. The van der Waals surface area contributed by atoms with Gasteiger partial charge < -0.3 is 14.4 Å². The van der Waals surface area contributed by atoms with Gasteiger partial charge in [0.15, 0.2) is 5.82 Å². The van der Waals surface area contributed by atoms with Gasteiger partial charge in [-0.2, -0.15) is 0 Å². The van der Waals surface area contributed by atoms with Crippen LogP contribution in [0.4, 0.5) is 11.5 Å². The SMILES string of the molecule is Cc1cc(NC(=O)c2noc(C(C)C)c2[N+](=O)[O-])no1. The molecule has 1 amide bonds. The number of amides is 1. The highest BCUT2D eigenvalue weighted by atomic mass is 16.6. The first kappa shape index (κ1) is 13.7. The van der Waals surface area contributed by atoms with Crippen LogP contribution in [-0.4, -0.2) is 21.1 Å². The van der Waals surface area contributed by atoms with E-state index in [-0.39, 0.29) is 23.2 Å². The highest BCUT2D eigenvalue weighted by Crippen LogP contribution is 2.30. The third kappa shape index (κ3) is 2.51. The molecule has 2 aromatic heterocycles. The number of nitro groups is 1. The molecule has 0 radical (unpaired) electrons. The summed E-state index contributed by atoms with van der Waals surface area (Å²) in [5.74, 6) is -0.343. The first-order valence-electron chi connectivity index (χ1n) is 5.78. The van der Waals surface area contributed by atoms with E-state index in [2.05, 4.69) is 15.6 Å². The average molecular weight is 280 g/mol. The third-order valence-electron chi connectivity index (χ3n) is 2.48. The maximum Gasteiger partial charge on any atom is 0.344 e. The first-order valence-corrected chi connectivity index (χ1v) is 5.78. The molecule has 0 unspecified atom stereocenters. The van der Waals surface area contributed by atoms with Crippen LogP contribution in [-0.2, 0) is 0 Å². The summed E-state index contributed by atoms with van der Waals surface area (Å²) in [6.45, 7) is 5.06. The average Bonchev–Trinajstić information content (AvgIpc) is 2.95. The highest BCUT2D eigenvalue weighted by molar-refractivity contribution is 6.05. The minimum absolute atomic E-state index is 0.0523. The van der Waals surface area contributed by atoms with Gasteiger partial charge >= 0.3 is 5.69 Å². The van der Waals surface area contributed by atoms with Gasteiger partial charge in [0.25, 0.3) is 5.91 Å². The summed E-state index contributed by atoms with van der Waals surface area (Å²) in [6, 6.07) is 1.48. The maximum absolute atomic E-state index is 12.0. The van der Waals surface area contributed by atoms with E-state index in [9.17, 15) is 14.9 Å². The lowest BCUT2D eigenvalue weighted by molar-refractivity contribution is -0.386. The fraction of sp³-hybridized carbons (Fsp3) is 0.364. The molecule has 20 heavy (non-hydrogen) atoms. The van der Waals surface area contributed by atoms with E-state index >= 15 is 0 Å². The second kappa shape index (κ2) is 5.11. The van der Waals surface area contributed by atoms with Crippen molar-refractivity contribution in [3.63, 3.8) is 0 Å². The van der Waals surface area contributed by atoms with Crippen molar-refractivity contribution in [2.75, 3.05) is 5.32 Å². The van der Waals surface area contributed by atoms with Crippen molar-refractivity contribution in [3.05, 3.63) is 33.4 Å². The number of carbonyl (C=O) groups excluding carboxylic acids is 1. The summed E-state index contributed by atoms with van der Waals surface area (Å²) >= 11 is 0. The number of anilines is 1. The van der Waals surface area contributed by atoms with Gasteiger partial charge in [-0.15, -0.1) is 0 Å². The molecule has 2 heterocycles. The number of nitrogens with zero attached hydrogens (tertiary/aromatic N) is 3. The Morgan fingerprint density at radius 3 is 2.60 bits per heavy atom. The Morgan fingerprint density at radius 1 is 1.40 bits per heavy atom. The molecule has 9 heteroatoms. The zero-order chi connectivity index (χ0) is 14.9. The topological polar surface area (TPSA) is 124 Å². The van der Waals surface area contributed by atoms with E-state index in [0.717, 1.165) is 0 Å². The van der Waals surface area contributed by atoms with Gasteiger partial charge in [0, 0.05) is 12.0 Å². The number of carbonyl (C=O) groups is 1. The lowest BCUT2D eigenvalue weighted by atomic mass is 10.1. The molecule has 0 spiro atoms. The van der Waals surface area contributed by atoms with E-state index in [1.165, 1.54) is 6.07 Å². The van der Waals surface area contributed by atoms with E-state index in [4.69, 9.17) is 9.05 Å². The molecule has 2 aromatic rings. The van der Waals surface area contributed by atoms with Crippen LogP contribution in [0.1, 0.15) is 41.8 Å². The molecule has 0 aromatic carbocycles. The Labute approximate surface area is 113 Å². The third-order valence-corrected chi connectivity index (χ3v) is 2.48. The van der Waals surface area contributed by atoms with Gasteiger partial charge in [0.2, 0.25) is 11.5 Å². The molecule has 0 aliphatic carbocycles. The van der Waals surface area contributed by atoms with Crippen LogP contribution in [0.5, 0.6) is 0 Å². The van der Waals surface area contributed by atoms with Crippen LogP contribution in [0.3, 0.4) is 0 Å². The lowest BCUT2D eigenvalue weighted by Gasteiger charge is -1.98. The Hall–Kier alpha value is -2.71. The van der Waals surface area contributed by atoms with Crippen LogP contribution >= 0.6 is 0 Å². The number of nitrogens with one attached hydrogen (secondary N) is 1. The molecule has 9 nitrogen and oxygen atoms in total. The molecule has 0 saturated heterocycles. The summed E-state index contributed by atoms with van der Waals surface area (Å²) in [6.07, 6.45) is 0. The van der Waals surface area contributed by atoms with Crippen molar-refractivity contribution in [3.8, 4) is 0 Å². The molecule has 0 atom stereocenters. The molecule has 1 N–H and O–H groups in total. The largest absolute Gasteiger partial charge is 0.360 e. The fourth-order valence-electron chi connectivity index (χ4n) is 1.60.